The average molecular weight is 342 g/mol. The molecule has 1 aromatic heterocycles. The van der Waals surface area contributed by atoms with Crippen molar-refractivity contribution in [2.45, 2.75) is 6.54 Å². The van der Waals surface area contributed by atoms with E-state index in [9.17, 15) is 9.18 Å². The van der Waals surface area contributed by atoms with Crippen LogP contribution < -0.4 is 5.32 Å². The number of carbonyl (C=O) groups is 1. The second-order valence-electron chi connectivity index (χ2n) is 4.06. The highest BCUT2D eigenvalue weighted by atomic mass is 79.9. The van der Waals surface area contributed by atoms with Crippen molar-refractivity contribution < 1.29 is 13.9 Å². The number of hydrogen-bond donors (Lipinski definition) is 1. The number of nitrogens with zero attached hydrogens (tertiary/aromatic N) is 2. The van der Waals surface area contributed by atoms with Gasteiger partial charge in [0.1, 0.15) is 5.82 Å². The first kappa shape index (κ1) is 14.7. The van der Waals surface area contributed by atoms with Crippen molar-refractivity contribution in [3.63, 3.8) is 0 Å². The van der Waals surface area contributed by atoms with E-state index < -0.39 is 5.82 Å². The second kappa shape index (κ2) is 6.62. The Hall–Kier alpha value is -1.73. The summed E-state index contributed by atoms with van der Waals surface area (Å²) >= 11 is 3.16. The number of amides is 1. The summed E-state index contributed by atoms with van der Waals surface area (Å²) in [4.78, 5) is 12.0. The van der Waals surface area contributed by atoms with Crippen molar-refractivity contribution in [3.05, 3.63) is 46.4 Å². The Labute approximate surface area is 123 Å². The molecule has 0 fully saturated rings. The molecule has 0 unspecified atom stereocenters. The molecule has 20 heavy (non-hydrogen) atoms. The van der Waals surface area contributed by atoms with Gasteiger partial charge >= 0.3 is 0 Å². The topological polar surface area (TPSA) is 56.1 Å². The van der Waals surface area contributed by atoms with Gasteiger partial charge in [0.2, 0.25) is 0 Å². The third-order valence-corrected chi connectivity index (χ3v) is 3.25. The lowest BCUT2D eigenvalue weighted by atomic mass is 10.2. The Kier molecular flexibility index (Phi) is 4.86. The number of halogens is 2. The molecular formula is C13H13BrFN3O2. The van der Waals surface area contributed by atoms with Gasteiger partial charge in [0, 0.05) is 17.8 Å². The summed E-state index contributed by atoms with van der Waals surface area (Å²) in [5.41, 5.74) is 0.929. The van der Waals surface area contributed by atoms with Crippen LogP contribution in [0.2, 0.25) is 0 Å². The van der Waals surface area contributed by atoms with Crippen molar-refractivity contribution in [1.29, 1.82) is 0 Å². The fourth-order valence-corrected chi connectivity index (χ4v) is 2.14. The van der Waals surface area contributed by atoms with Crippen LogP contribution in [0.15, 0.2) is 35.1 Å². The van der Waals surface area contributed by atoms with Crippen LogP contribution >= 0.6 is 15.9 Å². The third-order valence-electron chi connectivity index (χ3n) is 2.59. The molecule has 1 N–H and O–H groups in total. The maximum absolute atomic E-state index is 13.0. The Balaban J connectivity index is 2.05. The first-order valence-electron chi connectivity index (χ1n) is 5.88. The lowest BCUT2D eigenvalue weighted by Gasteiger charge is -2.04. The van der Waals surface area contributed by atoms with Crippen molar-refractivity contribution in [2.75, 3.05) is 19.0 Å². The smallest absolute Gasteiger partial charge is 0.256 e. The number of aromatic nitrogens is 2. The monoisotopic (exact) mass is 341 g/mol. The second-order valence-corrected chi connectivity index (χ2v) is 4.92. The molecule has 0 atom stereocenters. The maximum Gasteiger partial charge on any atom is 0.256 e. The van der Waals surface area contributed by atoms with E-state index in [1.807, 2.05) is 0 Å². The minimum Gasteiger partial charge on any atom is -0.383 e. The number of benzene rings is 1. The van der Waals surface area contributed by atoms with Crippen LogP contribution in [0.5, 0.6) is 0 Å². The highest BCUT2D eigenvalue weighted by molar-refractivity contribution is 9.10. The predicted molar refractivity (Wildman–Crippen MR) is 76.2 cm³/mol. The van der Waals surface area contributed by atoms with Gasteiger partial charge in [0.15, 0.2) is 0 Å². The van der Waals surface area contributed by atoms with Crippen molar-refractivity contribution in [1.82, 2.24) is 9.78 Å². The molecule has 106 valence electrons. The van der Waals surface area contributed by atoms with E-state index in [0.29, 0.717) is 28.9 Å². The molecule has 1 amide bonds. The molecule has 7 heteroatoms. The number of hydrogen-bond acceptors (Lipinski definition) is 3. The number of rotatable bonds is 5. The van der Waals surface area contributed by atoms with Crippen LogP contribution in [-0.2, 0) is 11.3 Å². The Bertz CT molecular complexity index is 615. The molecule has 1 heterocycles. The van der Waals surface area contributed by atoms with Gasteiger partial charge in [-0.1, -0.05) is 0 Å². The quantitative estimate of drug-likeness (QED) is 0.909. The van der Waals surface area contributed by atoms with Crippen LogP contribution in [0.3, 0.4) is 0 Å². The molecule has 0 saturated heterocycles. The standard InChI is InChI=1S/C13H13BrFN3O2/c1-20-5-4-18-8-10(7-16-18)17-13(19)11-3-2-9(15)6-12(11)14/h2-3,6-8H,4-5H2,1H3,(H,17,19). The number of anilines is 1. The molecule has 0 aliphatic rings. The summed E-state index contributed by atoms with van der Waals surface area (Å²) in [5, 5.41) is 6.79. The lowest BCUT2D eigenvalue weighted by molar-refractivity contribution is 0.102. The third kappa shape index (κ3) is 3.64. The molecule has 2 aromatic rings. The summed E-state index contributed by atoms with van der Waals surface area (Å²) < 4.78 is 20.0. The van der Waals surface area contributed by atoms with E-state index in [1.54, 1.807) is 24.2 Å². The Morgan fingerprint density at radius 1 is 1.55 bits per heavy atom. The average Bonchev–Trinajstić information content (AvgIpc) is 2.83. The summed E-state index contributed by atoms with van der Waals surface area (Å²) in [7, 11) is 1.61. The molecule has 2 rings (SSSR count). The van der Waals surface area contributed by atoms with Gasteiger partial charge < -0.3 is 10.1 Å². The Morgan fingerprint density at radius 2 is 2.35 bits per heavy atom. The highest BCUT2D eigenvalue weighted by Crippen LogP contribution is 2.19. The van der Waals surface area contributed by atoms with Crippen molar-refractivity contribution >= 4 is 27.5 Å². The lowest BCUT2D eigenvalue weighted by Crippen LogP contribution is -2.12. The number of carbonyl (C=O) groups excluding carboxylic acids is 1. The minimum absolute atomic E-state index is 0.330. The normalized spacial score (nSPS) is 10.6. The van der Waals surface area contributed by atoms with Crippen LogP contribution in [0.1, 0.15) is 10.4 Å². The first-order valence-corrected chi connectivity index (χ1v) is 6.67. The molecule has 0 saturated carbocycles. The molecule has 1 aromatic carbocycles. The molecule has 0 aliphatic carbocycles. The van der Waals surface area contributed by atoms with E-state index >= 15 is 0 Å². The largest absolute Gasteiger partial charge is 0.383 e. The van der Waals surface area contributed by atoms with Gasteiger partial charge in [0.05, 0.1) is 30.6 Å². The summed E-state index contributed by atoms with van der Waals surface area (Å²) in [6.45, 7) is 1.14. The SMILES string of the molecule is COCCn1cc(NC(=O)c2ccc(F)cc2Br)cn1. The van der Waals surface area contributed by atoms with E-state index in [4.69, 9.17) is 4.74 Å². The zero-order chi connectivity index (χ0) is 14.5. The zero-order valence-corrected chi connectivity index (χ0v) is 12.4. The van der Waals surface area contributed by atoms with Gasteiger partial charge in [-0.3, -0.25) is 9.48 Å². The van der Waals surface area contributed by atoms with Crippen molar-refractivity contribution in [3.8, 4) is 0 Å². The summed E-state index contributed by atoms with van der Waals surface area (Å²) in [6.07, 6.45) is 3.25. The highest BCUT2D eigenvalue weighted by Gasteiger charge is 2.11. The molecule has 0 aliphatic heterocycles. The van der Waals surface area contributed by atoms with Gasteiger partial charge in [-0.25, -0.2) is 4.39 Å². The van der Waals surface area contributed by atoms with Gasteiger partial charge in [-0.15, -0.1) is 0 Å². The number of nitrogens with one attached hydrogen (secondary N) is 1. The molecular weight excluding hydrogens is 329 g/mol. The number of methoxy groups -OCH3 is 1. The van der Waals surface area contributed by atoms with Gasteiger partial charge in [-0.2, -0.15) is 5.10 Å². The molecule has 0 spiro atoms. The van der Waals surface area contributed by atoms with E-state index in [1.165, 1.54) is 18.2 Å². The van der Waals surface area contributed by atoms with Crippen LogP contribution in [0.25, 0.3) is 0 Å². The van der Waals surface area contributed by atoms with Gasteiger partial charge in [0.25, 0.3) is 5.91 Å². The maximum atomic E-state index is 13.0. The minimum atomic E-state index is -0.402. The fourth-order valence-electron chi connectivity index (χ4n) is 1.61. The van der Waals surface area contributed by atoms with Crippen molar-refractivity contribution in [2.24, 2.45) is 0 Å². The van der Waals surface area contributed by atoms with E-state index in [2.05, 4.69) is 26.3 Å². The fraction of sp³-hybridized carbons (Fsp3) is 0.231. The number of ether oxygens (including phenoxy) is 1. The van der Waals surface area contributed by atoms with E-state index in [-0.39, 0.29) is 5.91 Å². The molecule has 0 bridgehead atoms. The molecule has 5 nitrogen and oxygen atoms in total. The zero-order valence-electron chi connectivity index (χ0n) is 10.8. The summed E-state index contributed by atoms with van der Waals surface area (Å²) in [6, 6.07) is 3.91. The Morgan fingerprint density at radius 3 is 3.05 bits per heavy atom. The van der Waals surface area contributed by atoms with Crippen LogP contribution in [-0.4, -0.2) is 29.4 Å². The van der Waals surface area contributed by atoms with Crippen LogP contribution in [0, 0.1) is 5.82 Å². The van der Waals surface area contributed by atoms with Crippen LogP contribution in [0.4, 0.5) is 10.1 Å². The van der Waals surface area contributed by atoms with Gasteiger partial charge in [-0.05, 0) is 34.1 Å². The molecule has 0 radical (unpaired) electrons. The predicted octanol–water partition coefficient (Wildman–Crippen LogP) is 2.68. The van der Waals surface area contributed by atoms with E-state index in [0.717, 1.165) is 0 Å². The first-order chi connectivity index (χ1) is 9.60. The summed E-state index contributed by atoms with van der Waals surface area (Å²) in [5.74, 6) is -0.732.